The number of benzene rings is 5. The van der Waals surface area contributed by atoms with Crippen molar-refractivity contribution in [2.24, 2.45) is 0 Å². The molecule has 28 heavy (non-hydrogen) atoms. The molecule has 0 saturated carbocycles. The van der Waals surface area contributed by atoms with Crippen molar-refractivity contribution in [1.82, 2.24) is 4.98 Å². The van der Waals surface area contributed by atoms with Crippen LogP contribution in [0.5, 0.6) is 0 Å². The highest BCUT2D eigenvalue weighted by Gasteiger charge is 2.18. The fraction of sp³-hybridized carbons (Fsp3) is 0. The molecular formula is C26H15NS. The molecule has 0 bridgehead atoms. The lowest BCUT2D eigenvalue weighted by Crippen LogP contribution is -1.77. The third-order valence-corrected chi connectivity index (χ3v) is 6.85. The third-order valence-electron chi connectivity index (χ3n) is 5.73. The number of fused-ring (bicyclic) bond motifs is 12. The van der Waals surface area contributed by atoms with Gasteiger partial charge >= 0.3 is 0 Å². The van der Waals surface area contributed by atoms with Gasteiger partial charge in [0.2, 0.25) is 0 Å². The van der Waals surface area contributed by atoms with E-state index in [0.29, 0.717) is 10.1 Å². The number of aromatic nitrogens is 1. The fourth-order valence-corrected chi connectivity index (χ4v) is 5.69. The predicted molar refractivity (Wildman–Crippen MR) is 124 cm³/mol. The Bertz CT molecular complexity index is 1930. The lowest BCUT2D eigenvalue weighted by molar-refractivity contribution is 1.59. The van der Waals surface area contributed by atoms with Crippen LogP contribution >= 0.6 is 11.3 Å². The van der Waals surface area contributed by atoms with Gasteiger partial charge in [-0.15, -0.1) is 11.3 Å². The largest absolute Gasteiger partial charge is 0.353 e. The zero-order valence-corrected chi connectivity index (χ0v) is 15.5. The van der Waals surface area contributed by atoms with Crippen molar-refractivity contribution in [2.45, 2.75) is 0 Å². The van der Waals surface area contributed by atoms with E-state index in [-0.39, 0.29) is 24.2 Å². The van der Waals surface area contributed by atoms with Crippen LogP contribution in [0, 0.1) is 0 Å². The molecule has 2 heterocycles. The molecule has 0 aliphatic rings. The minimum absolute atomic E-state index is 0.0262. The summed E-state index contributed by atoms with van der Waals surface area (Å²) in [5, 5.41) is 8.22. The van der Waals surface area contributed by atoms with E-state index >= 15 is 0 Å². The Morgan fingerprint density at radius 3 is 2.29 bits per heavy atom. The first-order valence-electron chi connectivity index (χ1n) is 11.2. The summed E-state index contributed by atoms with van der Waals surface area (Å²) in [6, 6.07) is 20.5. The van der Waals surface area contributed by atoms with Gasteiger partial charge in [-0.25, -0.2) is 0 Å². The number of hydrogen-bond donors (Lipinski definition) is 1. The van der Waals surface area contributed by atoms with Crippen LogP contribution < -0.4 is 0 Å². The Hall–Kier alpha value is -3.36. The van der Waals surface area contributed by atoms with Crippen LogP contribution in [0.4, 0.5) is 0 Å². The topological polar surface area (TPSA) is 15.8 Å². The second-order valence-corrected chi connectivity index (χ2v) is 8.16. The molecule has 0 saturated heterocycles. The van der Waals surface area contributed by atoms with Gasteiger partial charge in [-0.2, -0.15) is 0 Å². The molecule has 0 aliphatic carbocycles. The maximum atomic E-state index is 8.63. The standard InChI is InChI=1S/C26H15NS/c1-2-8-16-15(7-1)13-14-20-22-17-9-3-4-10-18(17)23-19-11-5-6-12-21(19)28-26(23)25(22)27-24(16)20/h1-14,27H/i5D,6D,11D,12D. The molecule has 2 aromatic heterocycles. The number of aromatic amines is 1. The molecule has 0 aliphatic heterocycles. The normalized spacial score (nSPS) is 14.3. The summed E-state index contributed by atoms with van der Waals surface area (Å²) in [6.07, 6.45) is 0. The maximum Gasteiger partial charge on any atom is 0.0653 e. The Kier molecular flexibility index (Phi) is 2.10. The van der Waals surface area contributed by atoms with Crippen LogP contribution in [0.3, 0.4) is 0 Å². The highest BCUT2D eigenvalue weighted by molar-refractivity contribution is 7.27. The first-order valence-corrected chi connectivity index (χ1v) is 10.0. The number of H-pyrrole nitrogens is 1. The van der Waals surface area contributed by atoms with Crippen molar-refractivity contribution in [3.8, 4) is 0 Å². The third kappa shape index (κ3) is 1.71. The summed E-state index contributed by atoms with van der Waals surface area (Å²) >= 11 is 1.45. The summed E-state index contributed by atoms with van der Waals surface area (Å²) in [5.41, 5.74) is 2.07. The van der Waals surface area contributed by atoms with Crippen molar-refractivity contribution in [3.05, 3.63) is 84.8 Å². The Labute approximate surface area is 170 Å². The first kappa shape index (κ1) is 11.5. The van der Waals surface area contributed by atoms with E-state index in [1.54, 1.807) is 0 Å². The van der Waals surface area contributed by atoms with Crippen molar-refractivity contribution >= 4 is 74.9 Å². The van der Waals surface area contributed by atoms with E-state index in [4.69, 9.17) is 5.48 Å². The molecule has 0 unspecified atom stereocenters. The summed E-state index contributed by atoms with van der Waals surface area (Å²) in [7, 11) is 0. The number of nitrogens with one attached hydrogen (secondary N) is 1. The molecule has 7 rings (SSSR count). The van der Waals surface area contributed by atoms with Gasteiger partial charge in [0.25, 0.3) is 0 Å². The molecule has 7 aromatic rings. The number of hydrogen-bond acceptors (Lipinski definition) is 1. The van der Waals surface area contributed by atoms with Gasteiger partial charge in [0.15, 0.2) is 0 Å². The second-order valence-electron chi connectivity index (χ2n) is 7.14. The van der Waals surface area contributed by atoms with Crippen LogP contribution in [0.15, 0.2) is 84.8 Å². The van der Waals surface area contributed by atoms with Gasteiger partial charge < -0.3 is 4.98 Å². The molecule has 0 atom stereocenters. The number of rotatable bonds is 0. The highest BCUT2D eigenvalue weighted by atomic mass is 32.1. The first-order chi connectivity index (χ1) is 15.6. The smallest absolute Gasteiger partial charge is 0.0653 e. The molecule has 2 heteroatoms. The van der Waals surface area contributed by atoms with E-state index in [1.165, 1.54) is 16.7 Å². The van der Waals surface area contributed by atoms with Crippen LogP contribution in [0.25, 0.3) is 63.5 Å². The summed E-state index contributed by atoms with van der Waals surface area (Å²) < 4.78 is 35.1. The SMILES string of the molecule is [2H]c1c([2H])c([2H])c2c(sc3c4[nH]c5c6ccccc6ccc5c4c4ccccc4c32)c1[2H]. The molecule has 0 amide bonds. The van der Waals surface area contributed by atoms with Gasteiger partial charge in [0.05, 0.1) is 21.2 Å². The quantitative estimate of drug-likeness (QED) is 0.275. The van der Waals surface area contributed by atoms with Crippen LogP contribution in [-0.2, 0) is 0 Å². The molecular weight excluding hydrogens is 358 g/mol. The zero-order valence-electron chi connectivity index (χ0n) is 18.7. The van der Waals surface area contributed by atoms with E-state index in [2.05, 4.69) is 41.4 Å². The lowest BCUT2D eigenvalue weighted by Gasteiger charge is -2.04. The van der Waals surface area contributed by atoms with Crippen molar-refractivity contribution in [1.29, 1.82) is 0 Å². The van der Waals surface area contributed by atoms with E-state index in [9.17, 15) is 0 Å². The van der Waals surface area contributed by atoms with Crippen LogP contribution in [0.1, 0.15) is 5.48 Å². The molecule has 5 aromatic carbocycles. The van der Waals surface area contributed by atoms with Crippen molar-refractivity contribution < 1.29 is 5.48 Å². The van der Waals surface area contributed by atoms with Gasteiger partial charge in [-0.05, 0) is 22.2 Å². The lowest BCUT2D eigenvalue weighted by atomic mass is 9.98. The molecule has 130 valence electrons. The highest BCUT2D eigenvalue weighted by Crippen LogP contribution is 2.46. The predicted octanol–water partition coefficient (Wildman–Crippen LogP) is 8.00. The van der Waals surface area contributed by atoms with Crippen LogP contribution in [-0.4, -0.2) is 4.98 Å². The van der Waals surface area contributed by atoms with Gasteiger partial charge in [-0.1, -0.05) is 78.8 Å². The van der Waals surface area contributed by atoms with Gasteiger partial charge in [0.1, 0.15) is 0 Å². The van der Waals surface area contributed by atoms with E-state index < -0.39 is 0 Å². The van der Waals surface area contributed by atoms with Crippen LogP contribution in [0.2, 0.25) is 0 Å². The minimum Gasteiger partial charge on any atom is -0.353 e. The van der Waals surface area contributed by atoms with Crippen molar-refractivity contribution in [3.63, 3.8) is 0 Å². The molecule has 1 nitrogen and oxygen atoms in total. The fourth-order valence-electron chi connectivity index (χ4n) is 4.56. The molecule has 0 radical (unpaired) electrons. The molecule has 0 spiro atoms. The monoisotopic (exact) mass is 377 g/mol. The Morgan fingerprint density at radius 2 is 1.39 bits per heavy atom. The average Bonchev–Trinajstić information content (AvgIpc) is 3.41. The molecule has 1 N–H and O–H groups in total. The minimum atomic E-state index is -0.186. The van der Waals surface area contributed by atoms with Crippen molar-refractivity contribution in [2.75, 3.05) is 0 Å². The summed E-state index contributed by atoms with van der Waals surface area (Å²) in [4.78, 5) is 3.68. The maximum absolute atomic E-state index is 8.63. The summed E-state index contributed by atoms with van der Waals surface area (Å²) in [6.45, 7) is 0. The van der Waals surface area contributed by atoms with E-state index in [0.717, 1.165) is 48.1 Å². The van der Waals surface area contributed by atoms with Gasteiger partial charge in [-0.3, -0.25) is 0 Å². The number of thiophene rings is 1. The molecule has 0 fully saturated rings. The summed E-state index contributed by atoms with van der Waals surface area (Å²) in [5.74, 6) is 0. The van der Waals surface area contributed by atoms with Gasteiger partial charge in [0, 0.05) is 31.6 Å². The zero-order chi connectivity index (χ0) is 21.7. The van der Waals surface area contributed by atoms with E-state index in [1.807, 2.05) is 24.3 Å². The Balaban J connectivity index is 1.86. The average molecular weight is 378 g/mol. The second kappa shape index (κ2) is 5.12. The Morgan fingerprint density at radius 1 is 0.643 bits per heavy atom.